The number of aliphatic hydroxyl groups is 2. The molecule has 2 aromatic rings. The van der Waals surface area contributed by atoms with Gasteiger partial charge in [-0.1, -0.05) is 60.7 Å². The topological polar surface area (TPSA) is 155 Å². The minimum atomic E-state index is -4.12. The van der Waals surface area contributed by atoms with Crippen LogP contribution in [0, 0.1) is 0 Å². The average Bonchev–Trinajstić information content (AvgIpc) is 2.66. The van der Waals surface area contributed by atoms with Gasteiger partial charge >= 0.3 is 37.7 Å². The van der Waals surface area contributed by atoms with Crippen molar-refractivity contribution in [2.45, 2.75) is 11.2 Å². The first kappa shape index (κ1) is 22.9. The predicted molar refractivity (Wildman–Crippen MR) is 87.2 cm³/mol. The maximum Gasteiger partial charge on any atom is 2.00 e. The summed E-state index contributed by atoms with van der Waals surface area (Å²) in [6, 6.07) is 12.4. The molecular weight excluding hydrogens is 384 g/mol. The first-order valence-corrected chi connectivity index (χ1v) is 7.24. The molecule has 8 nitrogen and oxygen atoms in total. The molecule has 0 heterocycles. The Labute approximate surface area is 183 Å². The molecule has 2 atom stereocenters. The van der Waals surface area contributed by atoms with E-state index in [1.165, 1.54) is 36.4 Å². The molecule has 2 rings (SSSR count). The Balaban J connectivity index is 0.00000364. The number of hydrogen-bond acceptors (Lipinski definition) is 8. The van der Waals surface area contributed by atoms with Crippen LogP contribution in [0.25, 0.3) is 0 Å². The zero-order valence-electron chi connectivity index (χ0n) is 13.8. The second-order valence-electron chi connectivity index (χ2n) is 5.39. The third-order valence-corrected chi connectivity index (χ3v) is 3.84. The van der Waals surface area contributed by atoms with E-state index in [0.717, 1.165) is 24.3 Å². The van der Waals surface area contributed by atoms with Gasteiger partial charge in [-0.2, -0.15) is 0 Å². The van der Waals surface area contributed by atoms with E-state index in [1.54, 1.807) is 0 Å². The Kier molecular flexibility index (Phi) is 7.41. The number of benzene rings is 2. The minimum Gasteiger partial charge on any atom is -0.546 e. The largest absolute Gasteiger partial charge is 2.00 e. The second kappa shape index (κ2) is 8.73. The third kappa shape index (κ3) is 3.80. The molecule has 2 N–H and O–H groups in total. The summed E-state index contributed by atoms with van der Waals surface area (Å²) in [5, 5.41) is 43.9. The van der Waals surface area contributed by atoms with Crippen molar-refractivity contribution in [2.24, 2.45) is 0 Å². The van der Waals surface area contributed by atoms with Gasteiger partial charge in [-0.15, -0.1) is 0 Å². The van der Waals surface area contributed by atoms with Crippen LogP contribution in [0.2, 0.25) is 0 Å². The van der Waals surface area contributed by atoms with Crippen LogP contribution in [0.5, 0.6) is 0 Å². The van der Waals surface area contributed by atoms with Gasteiger partial charge in [-0.05, 0) is 0 Å². The van der Waals surface area contributed by atoms with Crippen molar-refractivity contribution in [3.63, 3.8) is 0 Å². The normalized spacial score (nSPS) is 14.7. The van der Waals surface area contributed by atoms with E-state index in [0.29, 0.717) is 0 Å². The van der Waals surface area contributed by atoms with Crippen molar-refractivity contribution in [1.29, 1.82) is 0 Å². The van der Waals surface area contributed by atoms with E-state index in [4.69, 9.17) is 0 Å². The van der Waals surface area contributed by atoms with Gasteiger partial charge in [-0.3, -0.25) is 9.59 Å². The molecule has 0 aromatic heterocycles. The molecule has 27 heavy (non-hydrogen) atoms. The molecule has 0 saturated carbocycles. The molecular formula is C18H12CaO8. The molecule has 0 amide bonds. The smallest absolute Gasteiger partial charge is 0.546 e. The second-order valence-corrected chi connectivity index (χ2v) is 5.39. The molecule has 9 heteroatoms. The maximum absolute atomic E-state index is 12.5. The number of ketones is 2. The summed E-state index contributed by atoms with van der Waals surface area (Å²) in [4.78, 5) is 48.1. The van der Waals surface area contributed by atoms with Gasteiger partial charge in [-0.25, -0.2) is 0 Å². The summed E-state index contributed by atoms with van der Waals surface area (Å²) < 4.78 is 0. The number of hydrogen-bond donors (Lipinski definition) is 2. The summed E-state index contributed by atoms with van der Waals surface area (Å²) >= 11 is 0. The third-order valence-electron chi connectivity index (χ3n) is 3.84. The van der Waals surface area contributed by atoms with Crippen molar-refractivity contribution in [3.8, 4) is 0 Å². The number of carbonyl (C=O) groups is 4. The fourth-order valence-electron chi connectivity index (χ4n) is 2.41. The Morgan fingerprint density at radius 1 is 0.630 bits per heavy atom. The maximum atomic E-state index is 12.5. The monoisotopic (exact) mass is 396 g/mol. The number of aliphatic carboxylic acids is 2. The van der Waals surface area contributed by atoms with Gasteiger partial charge < -0.3 is 30.0 Å². The molecule has 0 radical (unpaired) electrons. The number of carbonyl (C=O) groups excluding carboxylic acids is 4. The van der Waals surface area contributed by atoms with Crippen molar-refractivity contribution in [2.75, 3.05) is 0 Å². The summed E-state index contributed by atoms with van der Waals surface area (Å²) in [5.74, 6) is -8.81. The number of Topliss-reactive ketones (excluding diaryl/α,β-unsaturated/α-hetero) is 2. The fourth-order valence-corrected chi connectivity index (χ4v) is 2.41. The van der Waals surface area contributed by atoms with E-state index in [2.05, 4.69) is 0 Å². The van der Waals surface area contributed by atoms with Crippen molar-refractivity contribution < 1.29 is 39.6 Å². The molecule has 0 spiro atoms. The van der Waals surface area contributed by atoms with Gasteiger partial charge in [0.15, 0.2) is 0 Å². The summed E-state index contributed by atoms with van der Waals surface area (Å²) in [6.07, 6.45) is 0. The predicted octanol–water partition coefficient (Wildman–Crippen LogP) is -2.67. The standard InChI is InChI=1S/C18H14O8.Ca/c19-13(11-7-3-1-4-8-11)17(25,15(21)22)18(26,16(23)24)14(20)12-9-5-2-6-10-12;/h1-10,25-26H,(H,21,22)(H,23,24);/q;+2/p-2. The molecule has 2 unspecified atom stereocenters. The zero-order valence-corrected chi connectivity index (χ0v) is 16.0. The van der Waals surface area contributed by atoms with Crippen LogP contribution in [-0.4, -0.2) is 82.7 Å². The van der Waals surface area contributed by atoms with Crippen LogP contribution >= 0.6 is 0 Å². The van der Waals surface area contributed by atoms with E-state index < -0.39 is 45.8 Å². The summed E-state index contributed by atoms with van der Waals surface area (Å²) in [6.45, 7) is 0. The van der Waals surface area contributed by atoms with Crippen molar-refractivity contribution in [3.05, 3.63) is 71.8 Å². The van der Waals surface area contributed by atoms with E-state index in [1.807, 2.05) is 0 Å². The first-order chi connectivity index (χ1) is 12.2. The van der Waals surface area contributed by atoms with Crippen LogP contribution in [0.3, 0.4) is 0 Å². The average molecular weight is 396 g/mol. The van der Waals surface area contributed by atoms with Gasteiger partial charge in [0.05, 0.1) is 11.9 Å². The van der Waals surface area contributed by atoms with E-state index in [-0.39, 0.29) is 37.7 Å². The quantitative estimate of drug-likeness (QED) is 0.292. The number of carboxylic acid groups (broad SMARTS) is 2. The van der Waals surface area contributed by atoms with E-state index in [9.17, 15) is 39.6 Å². The molecule has 0 bridgehead atoms. The molecule has 0 aliphatic heterocycles. The Morgan fingerprint density at radius 3 is 1.11 bits per heavy atom. The van der Waals surface area contributed by atoms with Gasteiger partial charge in [0, 0.05) is 11.1 Å². The molecule has 2 aromatic carbocycles. The van der Waals surface area contributed by atoms with E-state index >= 15 is 0 Å². The SMILES string of the molecule is O=C([O-])C(O)(C(=O)c1ccccc1)C(O)(C(=O)[O-])C(=O)c1ccccc1.[Ca+2]. The van der Waals surface area contributed by atoms with Crippen LogP contribution in [0.4, 0.5) is 0 Å². The molecule has 0 fully saturated rings. The van der Waals surface area contributed by atoms with Crippen LogP contribution in [0.15, 0.2) is 60.7 Å². The van der Waals surface area contributed by atoms with Crippen LogP contribution in [-0.2, 0) is 9.59 Å². The molecule has 134 valence electrons. The first-order valence-electron chi connectivity index (χ1n) is 7.24. The fraction of sp³-hybridized carbons (Fsp3) is 0.111. The molecule has 0 aliphatic carbocycles. The zero-order chi connectivity index (χ0) is 19.5. The number of rotatable bonds is 7. The van der Waals surface area contributed by atoms with Crippen molar-refractivity contribution >= 4 is 61.2 Å². The van der Waals surface area contributed by atoms with Crippen LogP contribution in [0.1, 0.15) is 20.7 Å². The van der Waals surface area contributed by atoms with Gasteiger partial charge in [0.1, 0.15) is 0 Å². The minimum absolute atomic E-state index is 0. The van der Waals surface area contributed by atoms with Crippen LogP contribution < -0.4 is 10.2 Å². The Hall–Kier alpha value is -2.10. The van der Waals surface area contributed by atoms with Gasteiger partial charge in [0.2, 0.25) is 22.8 Å². The number of carboxylic acids is 2. The van der Waals surface area contributed by atoms with Gasteiger partial charge in [0.25, 0.3) is 0 Å². The Morgan fingerprint density at radius 2 is 0.889 bits per heavy atom. The molecule has 0 aliphatic rings. The summed E-state index contributed by atoms with van der Waals surface area (Å²) in [7, 11) is 0. The molecule has 0 saturated heterocycles. The Bertz CT molecular complexity index is 794. The van der Waals surface area contributed by atoms with Crippen molar-refractivity contribution in [1.82, 2.24) is 0 Å². The summed E-state index contributed by atoms with van der Waals surface area (Å²) in [5.41, 5.74) is -9.17.